The van der Waals surface area contributed by atoms with Crippen LogP contribution >= 0.6 is 11.3 Å². The van der Waals surface area contributed by atoms with Crippen LogP contribution in [0.5, 0.6) is 0 Å². The molecule has 0 saturated heterocycles. The van der Waals surface area contributed by atoms with Crippen LogP contribution in [0.2, 0.25) is 0 Å². The number of aryl methyl sites for hydroxylation is 1. The molecule has 0 saturated carbocycles. The van der Waals surface area contributed by atoms with Gasteiger partial charge in [0.05, 0.1) is 5.69 Å². The highest BCUT2D eigenvalue weighted by atomic mass is 32.1. The quantitative estimate of drug-likeness (QED) is 0.883. The first-order valence-corrected chi connectivity index (χ1v) is 9.19. The Morgan fingerprint density at radius 1 is 1.28 bits per heavy atom. The van der Waals surface area contributed by atoms with Gasteiger partial charge in [0.2, 0.25) is 11.8 Å². The highest BCUT2D eigenvalue weighted by molar-refractivity contribution is 7.16. The minimum Gasteiger partial charge on any atom is -0.312 e. The molecular weight excluding hydrogens is 334 g/mol. The van der Waals surface area contributed by atoms with Gasteiger partial charge in [0, 0.05) is 35.0 Å². The highest BCUT2D eigenvalue weighted by Gasteiger charge is 2.25. The van der Waals surface area contributed by atoms with Gasteiger partial charge in [-0.05, 0) is 31.0 Å². The van der Waals surface area contributed by atoms with Crippen LogP contribution in [-0.2, 0) is 16.0 Å². The van der Waals surface area contributed by atoms with Gasteiger partial charge < -0.3 is 10.2 Å². The third-order valence-electron chi connectivity index (χ3n) is 4.33. The Morgan fingerprint density at radius 2 is 2.00 bits per heavy atom. The van der Waals surface area contributed by atoms with E-state index < -0.39 is 5.41 Å². The van der Waals surface area contributed by atoms with Gasteiger partial charge in [-0.3, -0.25) is 9.59 Å². The van der Waals surface area contributed by atoms with Crippen molar-refractivity contribution in [3.05, 3.63) is 28.6 Å². The molecule has 2 amide bonds. The zero-order valence-corrected chi connectivity index (χ0v) is 16.1. The third-order valence-corrected chi connectivity index (χ3v) is 5.21. The van der Waals surface area contributed by atoms with Crippen molar-refractivity contribution < 1.29 is 9.59 Å². The SMILES string of the molecule is CC(=O)N1CCc2cc(-c3nc(NC(=O)C(C)(C)C)sc3C)ccc21. The molecule has 0 fully saturated rings. The highest BCUT2D eigenvalue weighted by Crippen LogP contribution is 2.36. The van der Waals surface area contributed by atoms with E-state index in [1.54, 1.807) is 6.92 Å². The zero-order chi connectivity index (χ0) is 18.4. The summed E-state index contributed by atoms with van der Waals surface area (Å²) in [4.78, 5) is 31.3. The number of hydrogen-bond acceptors (Lipinski definition) is 4. The minimum atomic E-state index is -0.455. The first-order chi connectivity index (χ1) is 11.7. The number of hydrogen-bond donors (Lipinski definition) is 1. The molecule has 1 aromatic carbocycles. The van der Waals surface area contributed by atoms with Crippen molar-refractivity contribution in [1.82, 2.24) is 4.98 Å². The summed E-state index contributed by atoms with van der Waals surface area (Å²) in [5.41, 5.74) is 3.61. The molecule has 0 unspecified atom stereocenters. The molecule has 2 aromatic rings. The van der Waals surface area contributed by atoms with Gasteiger partial charge in [0.25, 0.3) is 0 Å². The average Bonchev–Trinajstić information content (AvgIpc) is 3.09. The Labute approximate surface area is 152 Å². The van der Waals surface area contributed by atoms with Crippen molar-refractivity contribution in [3.8, 4) is 11.3 Å². The lowest BCUT2D eigenvalue weighted by atomic mass is 9.96. The summed E-state index contributed by atoms with van der Waals surface area (Å²) in [6, 6.07) is 6.10. The average molecular weight is 357 g/mol. The fourth-order valence-corrected chi connectivity index (χ4v) is 3.71. The molecular formula is C19H23N3O2S. The maximum Gasteiger partial charge on any atom is 0.231 e. The van der Waals surface area contributed by atoms with E-state index in [2.05, 4.69) is 16.4 Å². The molecule has 5 nitrogen and oxygen atoms in total. The molecule has 0 atom stereocenters. The zero-order valence-electron chi connectivity index (χ0n) is 15.3. The molecule has 0 spiro atoms. The van der Waals surface area contributed by atoms with E-state index in [1.165, 1.54) is 16.9 Å². The summed E-state index contributed by atoms with van der Waals surface area (Å²) in [7, 11) is 0. The summed E-state index contributed by atoms with van der Waals surface area (Å²) >= 11 is 1.48. The predicted molar refractivity (Wildman–Crippen MR) is 102 cm³/mol. The number of carbonyl (C=O) groups excluding carboxylic acids is 2. The molecule has 132 valence electrons. The van der Waals surface area contributed by atoms with Crippen LogP contribution in [0.4, 0.5) is 10.8 Å². The van der Waals surface area contributed by atoms with Gasteiger partial charge in [-0.2, -0.15) is 0 Å². The number of carbonyl (C=O) groups is 2. The fourth-order valence-electron chi connectivity index (χ4n) is 2.88. The summed E-state index contributed by atoms with van der Waals surface area (Å²) in [5, 5.41) is 3.53. The number of amides is 2. The number of anilines is 2. The first kappa shape index (κ1) is 17.6. The van der Waals surface area contributed by atoms with E-state index in [-0.39, 0.29) is 11.8 Å². The van der Waals surface area contributed by atoms with Crippen molar-refractivity contribution in [2.45, 2.75) is 41.0 Å². The molecule has 6 heteroatoms. The van der Waals surface area contributed by atoms with E-state index in [0.29, 0.717) is 5.13 Å². The second-order valence-electron chi connectivity index (χ2n) is 7.39. The van der Waals surface area contributed by atoms with Crippen molar-refractivity contribution in [3.63, 3.8) is 0 Å². The first-order valence-electron chi connectivity index (χ1n) is 8.37. The summed E-state index contributed by atoms with van der Waals surface area (Å²) in [6.07, 6.45) is 0.861. The predicted octanol–water partition coefficient (Wildman–Crippen LogP) is 4.01. The molecule has 25 heavy (non-hydrogen) atoms. The van der Waals surface area contributed by atoms with Crippen LogP contribution in [0.3, 0.4) is 0 Å². The van der Waals surface area contributed by atoms with E-state index >= 15 is 0 Å². The number of nitrogens with zero attached hydrogens (tertiary/aromatic N) is 2. The van der Waals surface area contributed by atoms with E-state index in [0.717, 1.165) is 34.8 Å². The molecule has 3 rings (SSSR count). The molecule has 0 radical (unpaired) electrons. The Hall–Kier alpha value is -2.21. The standard InChI is InChI=1S/C19H23N3O2S/c1-11-16(20-18(25-11)21-17(24)19(3,4)5)14-6-7-15-13(10-14)8-9-22(15)12(2)23/h6-7,10H,8-9H2,1-5H3,(H,20,21,24). The largest absolute Gasteiger partial charge is 0.312 e. The molecule has 1 aliphatic heterocycles. The van der Waals surface area contributed by atoms with Gasteiger partial charge in [0.15, 0.2) is 5.13 Å². The van der Waals surface area contributed by atoms with Crippen LogP contribution in [0, 0.1) is 12.3 Å². The minimum absolute atomic E-state index is 0.0427. The maximum absolute atomic E-state index is 12.2. The van der Waals surface area contributed by atoms with Gasteiger partial charge in [-0.15, -0.1) is 11.3 Å². The topological polar surface area (TPSA) is 62.3 Å². The van der Waals surface area contributed by atoms with Crippen molar-refractivity contribution in [2.24, 2.45) is 5.41 Å². The summed E-state index contributed by atoms with van der Waals surface area (Å²) in [5.74, 6) is 0.0300. The Morgan fingerprint density at radius 3 is 2.64 bits per heavy atom. The lowest BCUT2D eigenvalue weighted by Crippen LogP contribution is -2.27. The van der Waals surface area contributed by atoms with Crippen LogP contribution in [0.1, 0.15) is 38.1 Å². The van der Waals surface area contributed by atoms with Crippen LogP contribution in [-0.4, -0.2) is 23.3 Å². The van der Waals surface area contributed by atoms with Crippen LogP contribution in [0.15, 0.2) is 18.2 Å². The van der Waals surface area contributed by atoms with Gasteiger partial charge in [-0.25, -0.2) is 4.98 Å². The Balaban J connectivity index is 1.89. The Bertz CT molecular complexity index is 849. The van der Waals surface area contributed by atoms with Crippen molar-refractivity contribution in [1.29, 1.82) is 0 Å². The smallest absolute Gasteiger partial charge is 0.231 e. The number of rotatable bonds is 2. The van der Waals surface area contributed by atoms with Gasteiger partial charge in [0.1, 0.15) is 0 Å². The van der Waals surface area contributed by atoms with E-state index in [4.69, 9.17) is 0 Å². The normalized spacial score (nSPS) is 13.7. The monoisotopic (exact) mass is 357 g/mol. The van der Waals surface area contributed by atoms with Gasteiger partial charge in [-0.1, -0.05) is 26.8 Å². The van der Waals surface area contributed by atoms with Crippen molar-refractivity contribution in [2.75, 3.05) is 16.8 Å². The second-order valence-corrected chi connectivity index (χ2v) is 8.60. The van der Waals surface area contributed by atoms with Crippen LogP contribution in [0.25, 0.3) is 11.3 Å². The van der Waals surface area contributed by atoms with Crippen molar-refractivity contribution >= 4 is 34.0 Å². The second kappa shape index (κ2) is 6.26. The van der Waals surface area contributed by atoms with Crippen LogP contribution < -0.4 is 10.2 Å². The maximum atomic E-state index is 12.2. The molecule has 1 aliphatic rings. The number of fused-ring (bicyclic) bond motifs is 1. The summed E-state index contributed by atoms with van der Waals surface area (Å²) in [6.45, 7) is 9.98. The number of benzene rings is 1. The van der Waals surface area contributed by atoms with Gasteiger partial charge >= 0.3 is 0 Å². The third kappa shape index (κ3) is 3.44. The molecule has 1 N–H and O–H groups in total. The molecule has 1 aromatic heterocycles. The number of aromatic nitrogens is 1. The van der Waals surface area contributed by atoms with E-state index in [9.17, 15) is 9.59 Å². The van der Waals surface area contributed by atoms with E-state index in [1.807, 2.05) is 44.7 Å². The fraction of sp³-hybridized carbons (Fsp3) is 0.421. The lowest BCUT2D eigenvalue weighted by Gasteiger charge is -2.16. The Kier molecular flexibility index (Phi) is 4.41. The molecule has 0 aliphatic carbocycles. The molecule has 0 bridgehead atoms. The summed E-state index contributed by atoms with van der Waals surface area (Å²) < 4.78 is 0. The number of nitrogens with one attached hydrogen (secondary N) is 1. The molecule has 2 heterocycles. The lowest BCUT2D eigenvalue weighted by molar-refractivity contribution is -0.123. The number of thiazole rings is 1.